The molecule has 0 amide bonds. The summed E-state index contributed by atoms with van der Waals surface area (Å²) in [6, 6.07) is 52.2. The summed E-state index contributed by atoms with van der Waals surface area (Å²) < 4.78 is 3.73. The molecule has 0 spiro atoms. The van der Waals surface area contributed by atoms with E-state index >= 15 is 0 Å². The van der Waals surface area contributed by atoms with Crippen LogP contribution in [0.1, 0.15) is 0 Å². The molecule has 39 heavy (non-hydrogen) atoms. The second-order valence-corrected chi connectivity index (χ2v) is 11.6. The number of hydrogen-bond donors (Lipinski definition) is 0. The van der Waals surface area contributed by atoms with Gasteiger partial charge in [-0.15, -0.1) is 11.3 Å². The van der Waals surface area contributed by atoms with Gasteiger partial charge in [0, 0.05) is 41.7 Å². The smallest absolute Gasteiger partial charge is 0.0468 e. The Morgan fingerprint density at radius 3 is 1.56 bits per heavy atom. The van der Waals surface area contributed by atoms with Gasteiger partial charge in [0.2, 0.25) is 0 Å². The second kappa shape index (κ2) is 10.2. The summed E-state index contributed by atoms with van der Waals surface area (Å²) in [6.07, 6.45) is 0. The fourth-order valence-electron chi connectivity index (χ4n) is 5.18. The summed E-state index contributed by atoms with van der Waals surface area (Å²) in [4.78, 5) is 2.34. The van der Waals surface area contributed by atoms with E-state index in [1.165, 1.54) is 42.4 Å². The van der Waals surface area contributed by atoms with E-state index in [2.05, 4.69) is 166 Å². The largest absolute Gasteiger partial charge is 0.310 e. The number of benzene rings is 6. The molecule has 0 saturated carbocycles. The van der Waals surface area contributed by atoms with Crippen LogP contribution in [-0.2, 0) is 0 Å². The molecule has 1 aromatic heterocycles. The molecule has 1 nitrogen and oxygen atoms in total. The minimum Gasteiger partial charge on any atom is -0.310 e. The van der Waals surface area contributed by atoms with Gasteiger partial charge in [-0.2, -0.15) is 0 Å². The van der Waals surface area contributed by atoms with Gasteiger partial charge in [-0.3, -0.25) is 0 Å². The van der Waals surface area contributed by atoms with Crippen LogP contribution in [0.15, 0.2) is 150 Å². The molecule has 0 atom stereocenters. The van der Waals surface area contributed by atoms with Gasteiger partial charge in [-0.1, -0.05) is 101 Å². The van der Waals surface area contributed by atoms with Gasteiger partial charge in [-0.05, 0) is 82.9 Å². The molecule has 0 aliphatic rings. The molecule has 0 radical (unpaired) electrons. The summed E-state index contributed by atoms with van der Waals surface area (Å²) in [5, 5.41) is 2.62. The van der Waals surface area contributed by atoms with Crippen molar-refractivity contribution in [1.82, 2.24) is 0 Å². The molecule has 0 saturated heterocycles. The first-order chi connectivity index (χ1) is 19.2. The molecule has 0 bridgehead atoms. The molecule has 0 N–H and O–H groups in total. The Balaban J connectivity index is 1.25. The average Bonchev–Trinajstić information content (AvgIpc) is 3.37. The molecule has 6 aromatic carbocycles. The van der Waals surface area contributed by atoms with Crippen molar-refractivity contribution in [2.75, 3.05) is 4.90 Å². The summed E-state index contributed by atoms with van der Waals surface area (Å²) >= 11 is 5.37. The van der Waals surface area contributed by atoms with Crippen molar-refractivity contribution < 1.29 is 0 Å². The topological polar surface area (TPSA) is 3.24 Å². The number of anilines is 3. The zero-order chi connectivity index (χ0) is 26.2. The van der Waals surface area contributed by atoms with Gasteiger partial charge in [0.05, 0.1) is 0 Å². The number of fused-ring (bicyclic) bond motifs is 3. The first-order valence-corrected chi connectivity index (χ1v) is 14.6. The lowest BCUT2D eigenvalue weighted by atomic mass is 10.00. The molecule has 0 aliphatic carbocycles. The Hall–Kier alpha value is -4.18. The zero-order valence-electron chi connectivity index (χ0n) is 21.1. The SMILES string of the molecule is Brc1ccc(-c2ccc(-c3ccc(N(c4ccccc4)c4ccc5sc6ccccc6c5c4)cc3)cc2)cc1. The molecule has 7 rings (SSSR count). The molecule has 1 heterocycles. The third-order valence-electron chi connectivity index (χ3n) is 7.15. The lowest BCUT2D eigenvalue weighted by Gasteiger charge is -2.26. The van der Waals surface area contributed by atoms with Crippen LogP contribution in [0.2, 0.25) is 0 Å². The van der Waals surface area contributed by atoms with Gasteiger partial charge in [0.15, 0.2) is 0 Å². The van der Waals surface area contributed by atoms with Crippen LogP contribution in [0.3, 0.4) is 0 Å². The van der Waals surface area contributed by atoms with Crippen LogP contribution in [-0.4, -0.2) is 0 Å². The third-order valence-corrected chi connectivity index (χ3v) is 8.83. The highest BCUT2D eigenvalue weighted by Gasteiger charge is 2.15. The molecule has 0 fully saturated rings. The summed E-state index contributed by atoms with van der Waals surface area (Å²) in [5.74, 6) is 0. The number of thiophene rings is 1. The van der Waals surface area contributed by atoms with Gasteiger partial charge >= 0.3 is 0 Å². The molecule has 3 heteroatoms. The Bertz CT molecular complexity index is 1890. The number of rotatable bonds is 5. The maximum Gasteiger partial charge on any atom is 0.0468 e. The van der Waals surface area contributed by atoms with Gasteiger partial charge in [-0.25, -0.2) is 0 Å². The Morgan fingerprint density at radius 2 is 0.897 bits per heavy atom. The van der Waals surface area contributed by atoms with Crippen LogP contribution >= 0.6 is 27.3 Å². The van der Waals surface area contributed by atoms with E-state index in [0.717, 1.165) is 21.5 Å². The number of hydrogen-bond acceptors (Lipinski definition) is 2. The van der Waals surface area contributed by atoms with Crippen molar-refractivity contribution >= 4 is 64.5 Å². The monoisotopic (exact) mass is 581 g/mol. The van der Waals surface area contributed by atoms with E-state index in [4.69, 9.17) is 0 Å². The van der Waals surface area contributed by atoms with E-state index in [-0.39, 0.29) is 0 Å². The molecular weight excluding hydrogens is 558 g/mol. The van der Waals surface area contributed by atoms with Crippen LogP contribution in [0.5, 0.6) is 0 Å². The van der Waals surface area contributed by atoms with Crippen molar-refractivity contribution in [2.45, 2.75) is 0 Å². The lowest BCUT2D eigenvalue weighted by Crippen LogP contribution is -2.09. The maximum atomic E-state index is 3.52. The van der Waals surface area contributed by atoms with Crippen LogP contribution < -0.4 is 4.90 Å². The first kappa shape index (κ1) is 23.9. The van der Waals surface area contributed by atoms with Crippen molar-refractivity contribution in [3.63, 3.8) is 0 Å². The fraction of sp³-hybridized carbons (Fsp3) is 0. The van der Waals surface area contributed by atoms with Crippen molar-refractivity contribution in [2.24, 2.45) is 0 Å². The van der Waals surface area contributed by atoms with E-state index < -0.39 is 0 Å². The molecule has 186 valence electrons. The maximum absolute atomic E-state index is 3.52. The second-order valence-electron chi connectivity index (χ2n) is 9.58. The molecular formula is C36H24BrNS. The first-order valence-electron chi connectivity index (χ1n) is 13.0. The lowest BCUT2D eigenvalue weighted by molar-refractivity contribution is 1.29. The Morgan fingerprint density at radius 1 is 0.410 bits per heavy atom. The van der Waals surface area contributed by atoms with E-state index in [9.17, 15) is 0 Å². The predicted octanol–water partition coefficient (Wildman–Crippen LogP) is 11.6. The third kappa shape index (κ3) is 4.65. The highest BCUT2D eigenvalue weighted by molar-refractivity contribution is 9.10. The van der Waals surface area contributed by atoms with Crippen molar-refractivity contribution in [3.8, 4) is 22.3 Å². The molecule has 7 aromatic rings. The zero-order valence-corrected chi connectivity index (χ0v) is 23.5. The number of halogens is 1. The number of nitrogens with zero attached hydrogens (tertiary/aromatic N) is 1. The highest BCUT2D eigenvalue weighted by Crippen LogP contribution is 2.40. The minimum atomic E-state index is 1.09. The fourth-order valence-corrected chi connectivity index (χ4v) is 6.53. The normalized spacial score (nSPS) is 11.2. The Kier molecular flexibility index (Phi) is 6.24. The summed E-state index contributed by atoms with van der Waals surface area (Å²) in [7, 11) is 0. The summed E-state index contributed by atoms with van der Waals surface area (Å²) in [6.45, 7) is 0. The Labute approximate surface area is 240 Å². The standard InChI is InChI=1S/C36H24BrNS/c37-29-18-14-27(15-19-29)25-10-12-26(13-11-25)28-16-20-31(21-17-28)38(30-6-2-1-3-7-30)32-22-23-36-34(24-32)33-8-4-5-9-35(33)39-36/h1-24H. The molecule has 0 aliphatic heterocycles. The molecule has 0 unspecified atom stereocenters. The summed E-state index contributed by atoms with van der Waals surface area (Å²) in [5.41, 5.74) is 8.28. The average molecular weight is 583 g/mol. The van der Waals surface area contributed by atoms with Crippen LogP contribution in [0.25, 0.3) is 42.4 Å². The number of para-hydroxylation sites is 1. The van der Waals surface area contributed by atoms with Gasteiger partial charge in [0.1, 0.15) is 0 Å². The van der Waals surface area contributed by atoms with Crippen molar-refractivity contribution in [1.29, 1.82) is 0 Å². The predicted molar refractivity (Wildman–Crippen MR) is 173 cm³/mol. The van der Waals surface area contributed by atoms with Crippen LogP contribution in [0.4, 0.5) is 17.1 Å². The van der Waals surface area contributed by atoms with Crippen LogP contribution in [0, 0.1) is 0 Å². The van der Waals surface area contributed by atoms with Gasteiger partial charge in [0.25, 0.3) is 0 Å². The minimum absolute atomic E-state index is 1.09. The van der Waals surface area contributed by atoms with E-state index in [1.807, 2.05) is 11.3 Å². The van der Waals surface area contributed by atoms with E-state index in [0.29, 0.717) is 0 Å². The highest BCUT2D eigenvalue weighted by atomic mass is 79.9. The van der Waals surface area contributed by atoms with E-state index in [1.54, 1.807) is 0 Å². The van der Waals surface area contributed by atoms with Gasteiger partial charge < -0.3 is 4.90 Å². The van der Waals surface area contributed by atoms with Crippen molar-refractivity contribution in [3.05, 3.63) is 150 Å². The quantitative estimate of drug-likeness (QED) is 0.195.